The van der Waals surface area contributed by atoms with Crippen molar-refractivity contribution in [3.8, 4) is 0 Å². The molecule has 2 aliphatic rings. The first-order chi connectivity index (χ1) is 17.9. The standard InChI is InChI=1S/C28H29N7O2.ClH/c1-16-14-30-25(32-16)18-5-3-7-21(11-18)34-27(36)20-9-10-23(24(29)13-20)28(37)35-22-8-4-6-19(12-22)26-31-15-17(2)33-26;/h3-13,16-17H,14-15,29H2,1-2H3,(H,30,32)(H,31,33)(H,34,36)(H,35,37);1H. The summed E-state index contributed by atoms with van der Waals surface area (Å²) >= 11 is 0. The van der Waals surface area contributed by atoms with Gasteiger partial charge in [0.25, 0.3) is 11.8 Å². The Hall–Kier alpha value is -4.37. The highest BCUT2D eigenvalue weighted by Crippen LogP contribution is 2.20. The van der Waals surface area contributed by atoms with Crippen LogP contribution in [-0.4, -0.2) is 48.7 Å². The third kappa shape index (κ3) is 5.95. The zero-order valence-electron chi connectivity index (χ0n) is 21.1. The summed E-state index contributed by atoms with van der Waals surface area (Å²) in [6, 6.07) is 20.2. The number of anilines is 3. The minimum absolute atomic E-state index is 0. The van der Waals surface area contributed by atoms with Crippen LogP contribution in [0.3, 0.4) is 0 Å². The second-order valence-corrected chi connectivity index (χ2v) is 9.34. The average Bonchev–Trinajstić information content (AvgIpc) is 3.52. The number of amidine groups is 2. The Balaban J connectivity index is 0.00000336. The molecule has 0 fully saturated rings. The van der Waals surface area contributed by atoms with E-state index in [2.05, 4.69) is 45.1 Å². The molecule has 2 aliphatic heterocycles. The van der Waals surface area contributed by atoms with Gasteiger partial charge in [0, 0.05) is 45.8 Å². The Morgan fingerprint density at radius 2 is 1.32 bits per heavy atom. The number of nitrogens with one attached hydrogen (secondary N) is 4. The van der Waals surface area contributed by atoms with Crippen molar-refractivity contribution in [3.63, 3.8) is 0 Å². The number of carbonyl (C=O) groups excluding carboxylic acids is 2. The van der Waals surface area contributed by atoms with Crippen LogP contribution in [0.5, 0.6) is 0 Å². The molecule has 196 valence electrons. The molecule has 0 aliphatic carbocycles. The van der Waals surface area contributed by atoms with Gasteiger partial charge in [-0.15, -0.1) is 12.4 Å². The Morgan fingerprint density at radius 3 is 1.79 bits per heavy atom. The van der Waals surface area contributed by atoms with E-state index in [0.29, 0.717) is 23.0 Å². The summed E-state index contributed by atoms with van der Waals surface area (Å²) in [5, 5.41) is 12.4. The number of rotatable bonds is 6. The number of aliphatic imine (C=N–C) groups is 2. The van der Waals surface area contributed by atoms with E-state index < -0.39 is 0 Å². The fourth-order valence-corrected chi connectivity index (χ4v) is 4.26. The molecule has 5 rings (SSSR count). The topological polar surface area (TPSA) is 133 Å². The predicted octanol–water partition coefficient (Wildman–Crippen LogP) is 3.67. The zero-order valence-corrected chi connectivity index (χ0v) is 21.9. The molecule has 10 heteroatoms. The molecule has 2 amide bonds. The Bertz CT molecular complexity index is 1440. The number of nitrogen functional groups attached to an aromatic ring is 1. The number of nitrogens with two attached hydrogens (primary N) is 1. The summed E-state index contributed by atoms with van der Waals surface area (Å²) in [6.07, 6.45) is 0. The van der Waals surface area contributed by atoms with E-state index in [1.54, 1.807) is 18.2 Å². The predicted molar refractivity (Wildman–Crippen MR) is 155 cm³/mol. The van der Waals surface area contributed by atoms with Crippen LogP contribution >= 0.6 is 12.4 Å². The van der Waals surface area contributed by atoms with Crippen molar-refractivity contribution in [1.82, 2.24) is 10.6 Å². The monoisotopic (exact) mass is 531 g/mol. The minimum atomic E-state index is -0.358. The second-order valence-electron chi connectivity index (χ2n) is 9.34. The number of benzene rings is 3. The maximum Gasteiger partial charge on any atom is 0.257 e. The Morgan fingerprint density at radius 1 is 0.789 bits per heavy atom. The number of hydrogen-bond acceptors (Lipinski definition) is 7. The van der Waals surface area contributed by atoms with Gasteiger partial charge in [-0.2, -0.15) is 0 Å². The normalized spacial score (nSPS) is 17.8. The first kappa shape index (κ1) is 26.7. The lowest BCUT2D eigenvalue weighted by Gasteiger charge is -2.12. The molecule has 0 bridgehead atoms. The summed E-state index contributed by atoms with van der Waals surface area (Å²) in [6.45, 7) is 5.58. The molecule has 3 aromatic rings. The van der Waals surface area contributed by atoms with Gasteiger partial charge in [-0.25, -0.2) is 0 Å². The van der Waals surface area contributed by atoms with Gasteiger partial charge >= 0.3 is 0 Å². The van der Waals surface area contributed by atoms with Gasteiger partial charge in [0.15, 0.2) is 0 Å². The summed E-state index contributed by atoms with van der Waals surface area (Å²) in [5.74, 6) is 0.946. The van der Waals surface area contributed by atoms with E-state index in [1.165, 1.54) is 6.07 Å². The molecule has 38 heavy (non-hydrogen) atoms. The molecule has 0 spiro atoms. The number of carbonyl (C=O) groups is 2. The number of nitrogens with zero attached hydrogens (tertiary/aromatic N) is 2. The molecule has 9 nitrogen and oxygen atoms in total. The van der Waals surface area contributed by atoms with E-state index in [9.17, 15) is 9.59 Å². The first-order valence-corrected chi connectivity index (χ1v) is 12.2. The SMILES string of the molecule is CC1CN=C(c2cccc(NC(=O)c3ccc(C(=O)Nc4cccc(C5=NCC(C)N5)c4)c(N)c3)c2)N1.Cl. The second kappa shape index (κ2) is 11.4. The van der Waals surface area contributed by atoms with Crippen LogP contribution < -0.4 is 27.0 Å². The maximum atomic E-state index is 12.9. The van der Waals surface area contributed by atoms with Crippen molar-refractivity contribution < 1.29 is 9.59 Å². The van der Waals surface area contributed by atoms with Crippen LogP contribution in [0.2, 0.25) is 0 Å². The van der Waals surface area contributed by atoms with Crippen LogP contribution in [-0.2, 0) is 0 Å². The first-order valence-electron chi connectivity index (χ1n) is 12.2. The number of amides is 2. The largest absolute Gasteiger partial charge is 0.398 e. The van der Waals surface area contributed by atoms with Gasteiger partial charge in [-0.1, -0.05) is 24.3 Å². The molecular formula is C28H30ClN7O2. The lowest BCUT2D eigenvalue weighted by atomic mass is 10.1. The van der Waals surface area contributed by atoms with Gasteiger partial charge in [-0.3, -0.25) is 19.6 Å². The summed E-state index contributed by atoms with van der Waals surface area (Å²) in [4.78, 5) is 34.8. The van der Waals surface area contributed by atoms with Crippen LogP contribution in [0.15, 0.2) is 76.7 Å². The van der Waals surface area contributed by atoms with Crippen LogP contribution in [0.25, 0.3) is 0 Å². The third-order valence-corrected chi connectivity index (χ3v) is 6.16. The van der Waals surface area contributed by atoms with Crippen molar-refractivity contribution in [2.24, 2.45) is 9.98 Å². The number of hydrogen-bond donors (Lipinski definition) is 5. The van der Waals surface area contributed by atoms with Gasteiger partial charge in [0.05, 0.1) is 18.7 Å². The lowest BCUT2D eigenvalue weighted by molar-refractivity contribution is 0.101. The van der Waals surface area contributed by atoms with E-state index in [1.807, 2.05) is 42.5 Å². The Labute approximate surface area is 227 Å². The van der Waals surface area contributed by atoms with Crippen LogP contribution in [0, 0.1) is 0 Å². The number of halogens is 1. The fourth-order valence-electron chi connectivity index (χ4n) is 4.26. The van der Waals surface area contributed by atoms with E-state index >= 15 is 0 Å². The molecular weight excluding hydrogens is 502 g/mol. The smallest absolute Gasteiger partial charge is 0.257 e. The van der Waals surface area contributed by atoms with Crippen LogP contribution in [0.1, 0.15) is 45.7 Å². The summed E-state index contributed by atoms with van der Waals surface area (Å²) in [7, 11) is 0. The van der Waals surface area contributed by atoms with Gasteiger partial charge in [0.1, 0.15) is 11.7 Å². The highest BCUT2D eigenvalue weighted by Gasteiger charge is 2.18. The molecule has 2 atom stereocenters. The molecule has 0 radical (unpaired) electrons. The van der Waals surface area contributed by atoms with Crippen molar-refractivity contribution in [2.45, 2.75) is 25.9 Å². The van der Waals surface area contributed by atoms with Crippen molar-refractivity contribution in [3.05, 3.63) is 89.0 Å². The fraction of sp³-hybridized carbons (Fsp3) is 0.214. The average molecular weight is 532 g/mol. The lowest BCUT2D eigenvalue weighted by Crippen LogP contribution is -2.27. The third-order valence-electron chi connectivity index (χ3n) is 6.16. The molecule has 0 saturated heterocycles. The molecule has 2 heterocycles. The molecule has 3 aromatic carbocycles. The van der Waals surface area contributed by atoms with E-state index in [0.717, 1.165) is 35.9 Å². The van der Waals surface area contributed by atoms with E-state index in [-0.39, 0.29) is 41.5 Å². The van der Waals surface area contributed by atoms with E-state index in [4.69, 9.17) is 5.73 Å². The molecule has 0 aromatic heterocycles. The van der Waals surface area contributed by atoms with Crippen LogP contribution in [0.4, 0.5) is 17.1 Å². The van der Waals surface area contributed by atoms with Gasteiger partial charge in [-0.05, 0) is 56.3 Å². The quantitative estimate of drug-likeness (QED) is 0.309. The van der Waals surface area contributed by atoms with Crippen molar-refractivity contribution in [1.29, 1.82) is 0 Å². The Kier molecular flexibility index (Phi) is 7.97. The minimum Gasteiger partial charge on any atom is -0.398 e. The van der Waals surface area contributed by atoms with Crippen molar-refractivity contribution >= 4 is 53.0 Å². The molecule has 2 unspecified atom stereocenters. The molecule has 6 N–H and O–H groups in total. The van der Waals surface area contributed by atoms with Gasteiger partial charge < -0.3 is 27.0 Å². The van der Waals surface area contributed by atoms with Crippen molar-refractivity contribution in [2.75, 3.05) is 29.5 Å². The summed E-state index contributed by atoms with van der Waals surface area (Å²) in [5.41, 5.74) is 10.1. The maximum absolute atomic E-state index is 12.9. The highest BCUT2D eigenvalue weighted by molar-refractivity contribution is 6.11. The molecule has 0 saturated carbocycles. The summed E-state index contributed by atoms with van der Waals surface area (Å²) < 4.78 is 0. The van der Waals surface area contributed by atoms with Gasteiger partial charge in [0.2, 0.25) is 0 Å². The zero-order chi connectivity index (χ0) is 25.9. The highest BCUT2D eigenvalue weighted by atomic mass is 35.5.